The number of ether oxygens (including phenoxy) is 1. The van der Waals surface area contributed by atoms with Crippen LogP contribution in [0.25, 0.3) is 27.4 Å². The summed E-state index contributed by atoms with van der Waals surface area (Å²) in [6.45, 7) is 8.42. The van der Waals surface area contributed by atoms with Crippen molar-refractivity contribution in [3.63, 3.8) is 0 Å². The summed E-state index contributed by atoms with van der Waals surface area (Å²) in [6, 6.07) is 13.0. The zero-order chi connectivity index (χ0) is 30.9. The van der Waals surface area contributed by atoms with Gasteiger partial charge in [0.05, 0.1) is 24.0 Å². The van der Waals surface area contributed by atoms with Gasteiger partial charge in [-0.1, -0.05) is 30.3 Å². The summed E-state index contributed by atoms with van der Waals surface area (Å²) < 4.78 is 24.3. The van der Waals surface area contributed by atoms with Crippen molar-refractivity contribution in [2.45, 2.75) is 12.8 Å². The number of carbonyl (C=O) groups is 1. The molecule has 4 heterocycles. The van der Waals surface area contributed by atoms with Gasteiger partial charge in [-0.15, -0.1) is 0 Å². The standard InChI is InChI=1S/C34H38FN7O3/c1-39-16-18-40(19-17-39)13-4-10-37-29-27(35)20-25-30-33(29)45-32-24-7-3-2-6-23(24)8-9-28(32)42(30)21-26(31(25)43)34(44)38-11-5-14-41-15-12-36-22-41/h2-3,6-9,20-22,37H,4-5,10-19H2,1H3,(H,38,44). The highest BCUT2D eigenvalue weighted by molar-refractivity contribution is 6.03. The summed E-state index contributed by atoms with van der Waals surface area (Å²) in [5, 5.41) is 8.10. The topological polar surface area (TPSA) is 94.4 Å². The molecular formula is C34H38FN7O3. The largest absolute Gasteiger partial charge is 0.450 e. The monoisotopic (exact) mass is 611 g/mol. The Hall–Kier alpha value is -4.48. The molecule has 0 atom stereocenters. The number of likely N-dealkylation sites (N-methyl/N-ethyl adjacent to an activating group) is 1. The number of aliphatic imine (C=N–C) groups is 1. The van der Waals surface area contributed by atoms with Gasteiger partial charge in [-0.05, 0) is 44.0 Å². The van der Waals surface area contributed by atoms with Crippen LogP contribution in [0.3, 0.4) is 0 Å². The first-order chi connectivity index (χ1) is 22.0. The molecule has 3 aliphatic heterocycles. The van der Waals surface area contributed by atoms with Gasteiger partial charge in [-0.25, -0.2) is 4.39 Å². The number of hydrogen-bond acceptors (Lipinski definition) is 8. The summed E-state index contributed by atoms with van der Waals surface area (Å²) >= 11 is 0. The number of hydrogen-bond donors (Lipinski definition) is 2. The lowest BCUT2D eigenvalue weighted by atomic mass is 10.0. The molecule has 4 aromatic rings. The summed E-state index contributed by atoms with van der Waals surface area (Å²) in [4.78, 5) is 38.2. The van der Waals surface area contributed by atoms with Crippen molar-refractivity contribution in [1.29, 1.82) is 0 Å². The van der Waals surface area contributed by atoms with Crippen LogP contribution in [0.2, 0.25) is 0 Å². The summed E-state index contributed by atoms with van der Waals surface area (Å²) in [7, 11) is 2.13. The number of halogens is 1. The van der Waals surface area contributed by atoms with Gasteiger partial charge >= 0.3 is 0 Å². The lowest BCUT2D eigenvalue weighted by Gasteiger charge is -2.32. The van der Waals surface area contributed by atoms with Crippen molar-refractivity contribution in [3.05, 3.63) is 70.3 Å². The summed E-state index contributed by atoms with van der Waals surface area (Å²) in [5.41, 5.74) is 0.775. The molecule has 10 nitrogen and oxygen atoms in total. The van der Waals surface area contributed by atoms with Crippen LogP contribution in [-0.2, 0) is 0 Å². The van der Waals surface area contributed by atoms with E-state index in [0.29, 0.717) is 36.5 Å². The van der Waals surface area contributed by atoms with E-state index in [1.54, 1.807) is 6.20 Å². The normalized spacial score (nSPS) is 16.3. The number of fused-ring (bicyclic) bond motifs is 4. The molecule has 45 heavy (non-hydrogen) atoms. The third kappa shape index (κ3) is 5.73. The molecule has 0 aliphatic carbocycles. The first kappa shape index (κ1) is 29.2. The lowest BCUT2D eigenvalue weighted by Crippen LogP contribution is -2.44. The minimum Gasteiger partial charge on any atom is -0.450 e. The first-order valence-electron chi connectivity index (χ1n) is 15.8. The molecule has 1 saturated heterocycles. The van der Waals surface area contributed by atoms with Crippen LogP contribution in [0.4, 0.5) is 10.1 Å². The molecule has 1 amide bonds. The number of piperazine rings is 1. The van der Waals surface area contributed by atoms with Crippen LogP contribution in [0.15, 0.2) is 58.4 Å². The maximum atomic E-state index is 15.9. The van der Waals surface area contributed by atoms with E-state index in [1.165, 1.54) is 6.07 Å². The van der Waals surface area contributed by atoms with Gasteiger partial charge in [0.25, 0.3) is 5.91 Å². The van der Waals surface area contributed by atoms with Crippen LogP contribution < -0.4 is 20.8 Å². The molecule has 234 valence electrons. The third-order valence-corrected chi connectivity index (χ3v) is 8.98. The van der Waals surface area contributed by atoms with Crippen molar-refractivity contribution in [2.75, 3.05) is 77.8 Å². The summed E-state index contributed by atoms with van der Waals surface area (Å²) in [5.74, 6) is -0.267. The van der Waals surface area contributed by atoms with E-state index in [9.17, 15) is 9.59 Å². The lowest BCUT2D eigenvalue weighted by molar-refractivity contribution is 0.0951. The average molecular weight is 612 g/mol. The van der Waals surface area contributed by atoms with E-state index < -0.39 is 17.2 Å². The molecule has 1 fully saturated rings. The Bertz CT molecular complexity index is 1850. The van der Waals surface area contributed by atoms with Crippen molar-refractivity contribution in [2.24, 2.45) is 4.99 Å². The van der Waals surface area contributed by atoms with Gasteiger partial charge in [-0.2, -0.15) is 0 Å². The zero-order valence-electron chi connectivity index (χ0n) is 25.5. The Kier molecular flexibility index (Phi) is 8.12. The van der Waals surface area contributed by atoms with Crippen molar-refractivity contribution >= 4 is 39.6 Å². The Morgan fingerprint density at radius 2 is 1.80 bits per heavy atom. The first-order valence-corrected chi connectivity index (χ1v) is 15.8. The predicted molar refractivity (Wildman–Crippen MR) is 176 cm³/mol. The molecule has 3 aromatic carbocycles. The Morgan fingerprint density at radius 3 is 2.62 bits per heavy atom. The molecule has 7 rings (SSSR count). The molecule has 0 bridgehead atoms. The summed E-state index contributed by atoms with van der Waals surface area (Å²) in [6.07, 6.45) is 4.94. The second-order valence-electron chi connectivity index (χ2n) is 12.0. The minimum absolute atomic E-state index is 0.0375. The second kappa shape index (κ2) is 12.5. The van der Waals surface area contributed by atoms with Crippen LogP contribution in [0.5, 0.6) is 11.5 Å². The van der Waals surface area contributed by atoms with Crippen LogP contribution in [-0.4, -0.2) is 104 Å². The van der Waals surface area contributed by atoms with Gasteiger partial charge < -0.3 is 34.6 Å². The third-order valence-electron chi connectivity index (χ3n) is 8.98. The van der Waals surface area contributed by atoms with Crippen LogP contribution in [0, 0.1) is 5.82 Å². The van der Waals surface area contributed by atoms with Gasteiger partial charge in [0.15, 0.2) is 17.3 Å². The quantitative estimate of drug-likeness (QED) is 0.232. The number of benzene rings is 3. The number of amides is 1. The number of pyridine rings is 1. The van der Waals surface area contributed by atoms with E-state index in [2.05, 4.69) is 37.4 Å². The number of rotatable bonds is 10. The predicted octanol–water partition coefficient (Wildman–Crippen LogP) is 3.90. The Balaban J connectivity index is 1.22. The Labute approximate surface area is 261 Å². The fourth-order valence-corrected chi connectivity index (χ4v) is 6.43. The van der Waals surface area contributed by atoms with Crippen molar-refractivity contribution < 1.29 is 13.9 Å². The molecule has 2 N–H and O–H groups in total. The Morgan fingerprint density at radius 1 is 0.978 bits per heavy atom. The fraction of sp³-hybridized carbons (Fsp3) is 0.382. The highest BCUT2D eigenvalue weighted by Crippen LogP contribution is 2.47. The maximum absolute atomic E-state index is 15.9. The molecular weight excluding hydrogens is 573 g/mol. The van der Waals surface area contributed by atoms with Gasteiger partial charge in [0.1, 0.15) is 16.8 Å². The smallest absolute Gasteiger partial charge is 0.256 e. The highest BCUT2D eigenvalue weighted by atomic mass is 19.1. The van der Waals surface area contributed by atoms with E-state index in [4.69, 9.17) is 4.74 Å². The second-order valence-corrected chi connectivity index (χ2v) is 12.0. The molecule has 0 saturated carbocycles. The SMILES string of the molecule is CN1CCN(CCCNc2c(F)cc3c(=O)c(C(=O)NCCCN4C=NCC4)cn4c3c2Oc2c-4ccc3ccccc23)CC1. The molecule has 0 radical (unpaired) electrons. The van der Waals surface area contributed by atoms with Crippen LogP contribution >= 0.6 is 0 Å². The molecule has 1 aromatic heterocycles. The molecule has 0 spiro atoms. The number of nitrogens with zero attached hydrogens (tertiary/aromatic N) is 5. The minimum atomic E-state index is -0.589. The van der Waals surface area contributed by atoms with E-state index >= 15 is 4.39 Å². The molecule has 11 heteroatoms. The van der Waals surface area contributed by atoms with E-state index in [-0.39, 0.29) is 22.4 Å². The van der Waals surface area contributed by atoms with Crippen molar-refractivity contribution in [3.8, 4) is 17.2 Å². The highest BCUT2D eigenvalue weighted by Gasteiger charge is 2.29. The number of anilines is 1. The number of carbonyl (C=O) groups excluding carboxylic acids is 1. The number of nitrogens with one attached hydrogen (secondary N) is 2. The van der Waals surface area contributed by atoms with Crippen molar-refractivity contribution in [1.82, 2.24) is 24.6 Å². The maximum Gasteiger partial charge on any atom is 0.256 e. The van der Waals surface area contributed by atoms with E-state index in [0.717, 1.165) is 69.6 Å². The van der Waals surface area contributed by atoms with Gasteiger partial charge in [-0.3, -0.25) is 14.6 Å². The van der Waals surface area contributed by atoms with Gasteiger partial charge in [0, 0.05) is 63.9 Å². The fourth-order valence-electron chi connectivity index (χ4n) is 6.43. The van der Waals surface area contributed by atoms with E-state index in [1.807, 2.05) is 47.3 Å². The number of aromatic nitrogens is 1. The molecule has 3 aliphatic rings. The van der Waals surface area contributed by atoms with Gasteiger partial charge in [0.2, 0.25) is 5.43 Å². The molecule has 0 unspecified atom stereocenters. The zero-order valence-corrected chi connectivity index (χ0v) is 25.5. The van der Waals surface area contributed by atoms with Crippen LogP contribution in [0.1, 0.15) is 23.2 Å². The average Bonchev–Trinajstić information content (AvgIpc) is 3.58.